The second kappa shape index (κ2) is 10.4. The molecule has 1 unspecified atom stereocenters. The van der Waals surface area contributed by atoms with E-state index >= 15 is 0 Å². The maximum Gasteiger partial charge on any atom is 0.0736 e. The zero-order valence-corrected chi connectivity index (χ0v) is 28.9. The average molecular weight is 679 g/mol. The van der Waals surface area contributed by atoms with E-state index in [0.717, 1.165) is 0 Å². The van der Waals surface area contributed by atoms with Crippen molar-refractivity contribution >= 4 is 55.4 Å². The van der Waals surface area contributed by atoms with E-state index in [2.05, 4.69) is 191 Å². The highest BCUT2D eigenvalue weighted by atomic mass is 32.2. The van der Waals surface area contributed by atoms with Gasteiger partial charge in [0, 0.05) is 42.7 Å². The first-order valence-electron chi connectivity index (χ1n) is 17.9. The average Bonchev–Trinajstić information content (AvgIpc) is 3.81. The quantitative estimate of drug-likeness (QED) is 0.177. The number of para-hydroxylation sites is 4. The monoisotopic (exact) mass is 678 g/mol. The normalized spacial score (nSPS) is 15.7. The summed E-state index contributed by atoms with van der Waals surface area (Å²) in [4.78, 5) is 2.61. The second-order valence-electron chi connectivity index (χ2n) is 14.1. The Morgan fingerprint density at radius 1 is 0.327 bits per heavy atom. The van der Waals surface area contributed by atoms with Crippen LogP contribution in [-0.4, -0.2) is 9.13 Å². The van der Waals surface area contributed by atoms with Crippen LogP contribution in [0.25, 0.3) is 66.1 Å². The molecule has 2 aliphatic rings. The van der Waals surface area contributed by atoms with Crippen molar-refractivity contribution in [3.8, 4) is 22.5 Å². The molecule has 0 bridgehead atoms. The van der Waals surface area contributed by atoms with Gasteiger partial charge in [-0.3, -0.25) is 0 Å². The number of hydrogen-bond donors (Lipinski definition) is 0. The molecule has 52 heavy (non-hydrogen) atoms. The van der Waals surface area contributed by atoms with Crippen molar-refractivity contribution in [2.24, 2.45) is 0 Å². The number of rotatable bonds is 2. The minimum Gasteiger partial charge on any atom is -0.309 e. The Bertz CT molecular complexity index is 3100. The van der Waals surface area contributed by atoms with Crippen LogP contribution in [0.5, 0.6) is 0 Å². The van der Waals surface area contributed by atoms with Crippen molar-refractivity contribution in [1.29, 1.82) is 0 Å². The third kappa shape index (κ3) is 3.56. The summed E-state index contributed by atoms with van der Waals surface area (Å²) in [7, 11) is 0. The summed E-state index contributed by atoms with van der Waals surface area (Å²) >= 11 is 1.91. The van der Waals surface area contributed by atoms with Gasteiger partial charge in [-0.2, -0.15) is 0 Å². The predicted octanol–water partition coefficient (Wildman–Crippen LogP) is 12.7. The third-order valence-corrected chi connectivity index (χ3v) is 12.7. The van der Waals surface area contributed by atoms with E-state index in [4.69, 9.17) is 0 Å². The summed E-state index contributed by atoms with van der Waals surface area (Å²) in [5.41, 5.74) is 14.8. The minimum atomic E-state index is -0.501. The first-order valence-corrected chi connectivity index (χ1v) is 18.8. The lowest BCUT2D eigenvalue weighted by molar-refractivity contribution is 0.724. The van der Waals surface area contributed by atoms with Crippen molar-refractivity contribution in [2.75, 3.05) is 0 Å². The molecule has 1 aliphatic carbocycles. The summed E-state index contributed by atoms with van der Waals surface area (Å²) in [5, 5.41) is 5.11. The van der Waals surface area contributed by atoms with Gasteiger partial charge in [-0.05, 0) is 100 Å². The third-order valence-electron chi connectivity index (χ3n) is 11.6. The number of hydrogen-bond acceptors (Lipinski definition) is 1. The van der Waals surface area contributed by atoms with E-state index in [1.165, 1.54) is 98.2 Å². The first-order chi connectivity index (χ1) is 25.8. The lowest BCUT2D eigenvalue weighted by atomic mass is 9.67. The highest BCUT2D eigenvalue weighted by molar-refractivity contribution is 7.99. The highest BCUT2D eigenvalue weighted by Crippen LogP contribution is 2.63. The van der Waals surface area contributed by atoms with Gasteiger partial charge in [-0.25, -0.2) is 0 Å². The van der Waals surface area contributed by atoms with Crippen LogP contribution in [0, 0.1) is 0 Å². The Labute approximate surface area is 305 Å². The molecule has 1 aliphatic heterocycles. The topological polar surface area (TPSA) is 9.86 Å². The lowest BCUT2D eigenvalue weighted by Crippen LogP contribution is -2.32. The molecule has 0 N–H and O–H groups in total. The van der Waals surface area contributed by atoms with E-state index < -0.39 is 5.41 Å². The number of benzene rings is 8. The largest absolute Gasteiger partial charge is 0.309 e. The summed E-state index contributed by atoms with van der Waals surface area (Å²) in [6.45, 7) is 0. The van der Waals surface area contributed by atoms with Crippen LogP contribution in [0.4, 0.5) is 0 Å². The van der Waals surface area contributed by atoms with Gasteiger partial charge in [-0.15, -0.1) is 0 Å². The molecule has 242 valence electrons. The smallest absolute Gasteiger partial charge is 0.0736 e. The lowest BCUT2D eigenvalue weighted by Gasteiger charge is -2.40. The van der Waals surface area contributed by atoms with Gasteiger partial charge in [0.25, 0.3) is 0 Å². The summed E-state index contributed by atoms with van der Waals surface area (Å²) in [6, 6.07) is 67.7. The molecule has 1 atom stereocenters. The van der Waals surface area contributed by atoms with Gasteiger partial charge in [0.2, 0.25) is 0 Å². The molecule has 1 spiro atoms. The van der Waals surface area contributed by atoms with Crippen LogP contribution in [0.3, 0.4) is 0 Å². The predicted molar refractivity (Wildman–Crippen MR) is 217 cm³/mol. The van der Waals surface area contributed by atoms with E-state index in [1.807, 2.05) is 11.8 Å². The van der Waals surface area contributed by atoms with E-state index in [0.29, 0.717) is 0 Å². The zero-order valence-electron chi connectivity index (χ0n) is 28.1. The molecule has 0 fully saturated rings. The van der Waals surface area contributed by atoms with Crippen LogP contribution >= 0.6 is 11.8 Å². The number of aromatic nitrogens is 2. The van der Waals surface area contributed by atoms with Crippen molar-refractivity contribution in [3.05, 3.63) is 204 Å². The van der Waals surface area contributed by atoms with Crippen LogP contribution in [0.15, 0.2) is 192 Å². The molecular weight excluding hydrogens is 649 g/mol. The van der Waals surface area contributed by atoms with Crippen LogP contribution in [0.1, 0.15) is 22.3 Å². The first kappa shape index (κ1) is 28.4. The van der Waals surface area contributed by atoms with Gasteiger partial charge < -0.3 is 9.13 Å². The Hall–Kier alpha value is -6.29. The standard InChI is InChI=1S/C49H30N2S/c1-3-15-31(16-4-1)50-43-24-12-8-20-34(43)37-27-36-33-19-7-10-22-39(33)49(41(36)29-45(37)50)40-23-11-14-26-47(40)52-48-30-46-38(28-42(48)49)35-21-9-13-25-44(35)51(46)32-17-5-2-6-18-32/h1-30H. The molecule has 0 saturated carbocycles. The van der Waals surface area contributed by atoms with Gasteiger partial charge in [0.15, 0.2) is 0 Å². The molecule has 0 radical (unpaired) electrons. The molecule has 2 aromatic heterocycles. The molecule has 3 heterocycles. The van der Waals surface area contributed by atoms with Gasteiger partial charge in [0.05, 0.1) is 27.5 Å². The molecule has 12 rings (SSSR count). The van der Waals surface area contributed by atoms with Crippen molar-refractivity contribution in [1.82, 2.24) is 9.13 Å². The van der Waals surface area contributed by atoms with Crippen LogP contribution in [-0.2, 0) is 5.41 Å². The SMILES string of the molecule is c1ccc(-n2c3ccccc3c3cc4c(cc32)Sc2ccccc2C42c3ccccc3-c3cc4c5ccccc5n(-c5ccccc5)c4cc32)cc1. The Balaban J connectivity index is 1.26. The van der Waals surface area contributed by atoms with E-state index in [1.54, 1.807) is 0 Å². The van der Waals surface area contributed by atoms with Gasteiger partial charge in [0.1, 0.15) is 0 Å². The Kier molecular flexibility index (Phi) is 5.67. The fourth-order valence-electron chi connectivity index (χ4n) is 9.53. The molecule has 2 nitrogen and oxygen atoms in total. The number of fused-ring (bicyclic) bond motifs is 15. The molecule has 0 saturated heterocycles. The second-order valence-corrected chi connectivity index (χ2v) is 15.1. The van der Waals surface area contributed by atoms with E-state index in [9.17, 15) is 0 Å². The van der Waals surface area contributed by atoms with Crippen molar-refractivity contribution < 1.29 is 0 Å². The molecule has 3 heteroatoms. The van der Waals surface area contributed by atoms with Gasteiger partial charge >= 0.3 is 0 Å². The molecule has 8 aromatic carbocycles. The van der Waals surface area contributed by atoms with E-state index in [-0.39, 0.29) is 0 Å². The Morgan fingerprint density at radius 3 is 1.56 bits per heavy atom. The minimum absolute atomic E-state index is 0.501. The molecule has 0 amide bonds. The Morgan fingerprint density at radius 2 is 0.865 bits per heavy atom. The van der Waals surface area contributed by atoms with Crippen LogP contribution in [0.2, 0.25) is 0 Å². The van der Waals surface area contributed by atoms with Crippen molar-refractivity contribution in [3.63, 3.8) is 0 Å². The molecular formula is C49H30N2S. The van der Waals surface area contributed by atoms with Crippen molar-refractivity contribution in [2.45, 2.75) is 15.2 Å². The maximum atomic E-state index is 2.54. The maximum absolute atomic E-state index is 2.54. The summed E-state index contributed by atoms with van der Waals surface area (Å²) < 4.78 is 4.90. The number of nitrogens with zero attached hydrogens (tertiary/aromatic N) is 2. The fourth-order valence-corrected chi connectivity index (χ4v) is 10.7. The summed E-state index contributed by atoms with van der Waals surface area (Å²) in [6.07, 6.45) is 0. The summed E-state index contributed by atoms with van der Waals surface area (Å²) in [5.74, 6) is 0. The zero-order chi connectivity index (χ0) is 34.0. The highest BCUT2D eigenvalue weighted by Gasteiger charge is 2.50. The fraction of sp³-hybridized carbons (Fsp3) is 0.0204. The van der Waals surface area contributed by atoms with Crippen LogP contribution < -0.4 is 0 Å². The van der Waals surface area contributed by atoms with Gasteiger partial charge in [-0.1, -0.05) is 127 Å². The molecule has 10 aromatic rings.